The Morgan fingerprint density at radius 1 is 1.25 bits per heavy atom. The predicted octanol–water partition coefficient (Wildman–Crippen LogP) is 3.01. The quantitative estimate of drug-likeness (QED) is 0.886. The maximum atomic E-state index is 10.2. The molecule has 3 heteroatoms. The molecule has 1 aromatic rings. The first kappa shape index (κ1) is 15.0. The highest BCUT2D eigenvalue weighted by molar-refractivity contribution is 5.32. The third-order valence-electron chi connectivity index (χ3n) is 4.62. The number of hydrogen-bond donors (Lipinski definition) is 2. The Morgan fingerprint density at radius 3 is 2.55 bits per heavy atom. The van der Waals surface area contributed by atoms with Crippen LogP contribution >= 0.6 is 0 Å². The van der Waals surface area contributed by atoms with Gasteiger partial charge in [-0.15, -0.1) is 0 Å². The van der Waals surface area contributed by atoms with Crippen LogP contribution in [0.4, 0.5) is 0 Å². The second-order valence-corrected chi connectivity index (χ2v) is 6.12. The molecule has 0 heterocycles. The van der Waals surface area contributed by atoms with Gasteiger partial charge in [-0.05, 0) is 48.8 Å². The zero-order valence-electron chi connectivity index (χ0n) is 12.3. The number of nitrogens with zero attached hydrogens (tertiary/aromatic N) is 1. The van der Waals surface area contributed by atoms with E-state index in [1.54, 1.807) is 12.1 Å². The highest BCUT2D eigenvalue weighted by Gasteiger charge is 2.24. The number of aliphatic hydroxyl groups excluding tert-OH is 1. The highest BCUT2D eigenvalue weighted by atomic mass is 16.3. The van der Waals surface area contributed by atoms with E-state index in [1.807, 2.05) is 12.1 Å². The van der Waals surface area contributed by atoms with Gasteiger partial charge < -0.3 is 10.4 Å². The third-order valence-corrected chi connectivity index (χ3v) is 4.62. The van der Waals surface area contributed by atoms with E-state index < -0.39 is 6.10 Å². The molecule has 4 atom stereocenters. The zero-order chi connectivity index (χ0) is 14.5. The van der Waals surface area contributed by atoms with Gasteiger partial charge in [0.15, 0.2) is 0 Å². The molecule has 1 aliphatic rings. The first-order valence-corrected chi connectivity index (χ1v) is 7.51. The standard InChI is InChI=1S/C17H24N2O/c1-12-3-8-16(9-13(12)2)19-11-17(20)15-6-4-14(10-18)5-7-15/h4-7,12-13,16-17,19-20H,3,8-9,11H2,1-2H3. The molecular formula is C17H24N2O. The van der Waals surface area contributed by atoms with Gasteiger partial charge in [0.05, 0.1) is 17.7 Å². The number of aliphatic hydroxyl groups is 1. The smallest absolute Gasteiger partial charge is 0.0991 e. The Balaban J connectivity index is 1.82. The number of benzene rings is 1. The molecule has 0 aliphatic heterocycles. The van der Waals surface area contributed by atoms with Gasteiger partial charge in [-0.1, -0.05) is 26.0 Å². The summed E-state index contributed by atoms with van der Waals surface area (Å²) in [7, 11) is 0. The lowest BCUT2D eigenvalue weighted by Gasteiger charge is -2.33. The van der Waals surface area contributed by atoms with Crippen molar-refractivity contribution < 1.29 is 5.11 Å². The van der Waals surface area contributed by atoms with Gasteiger partial charge in [0.2, 0.25) is 0 Å². The molecule has 4 unspecified atom stereocenters. The van der Waals surface area contributed by atoms with Gasteiger partial charge >= 0.3 is 0 Å². The lowest BCUT2D eigenvalue weighted by atomic mass is 9.79. The summed E-state index contributed by atoms with van der Waals surface area (Å²) >= 11 is 0. The molecule has 1 saturated carbocycles. The molecule has 108 valence electrons. The number of rotatable bonds is 4. The van der Waals surface area contributed by atoms with Crippen molar-refractivity contribution in [2.45, 2.75) is 45.3 Å². The second-order valence-electron chi connectivity index (χ2n) is 6.12. The molecule has 0 aromatic heterocycles. The van der Waals surface area contributed by atoms with Crippen LogP contribution in [0.15, 0.2) is 24.3 Å². The lowest BCUT2D eigenvalue weighted by Crippen LogP contribution is -2.38. The van der Waals surface area contributed by atoms with Crippen molar-refractivity contribution in [3.05, 3.63) is 35.4 Å². The van der Waals surface area contributed by atoms with E-state index in [0.717, 1.165) is 17.4 Å². The molecule has 1 aromatic carbocycles. The minimum atomic E-state index is -0.502. The number of nitriles is 1. The van der Waals surface area contributed by atoms with E-state index in [9.17, 15) is 5.11 Å². The van der Waals surface area contributed by atoms with Crippen molar-refractivity contribution in [1.29, 1.82) is 5.26 Å². The fourth-order valence-electron chi connectivity index (χ4n) is 2.91. The van der Waals surface area contributed by atoms with Gasteiger partial charge in [-0.25, -0.2) is 0 Å². The Morgan fingerprint density at radius 2 is 1.95 bits per heavy atom. The average molecular weight is 272 g/mol. The van der Waals surface area contributed by atoms with Crippen LogP contribution < -0.4 is 5.32 Å². The van der Waals surface area contributed by atoms with Crippen LogP contribution in [0.1, 0.15) is 50.3 Å². The maximum Gasteiger partial charge on any atom is 0.0991 e. The molecule has 20 heavy (non-hydrogen) atoms. The van der Waals surface area contributed by atoms with E-state index in [-0.39, 0.29) is 0 Å². The summed E-state index contributed by atoms with van der Waals surface area (Å²) < 4.78 is 0. The molecule has 0 spiro atoms. The van der Waals surface area contributed by atoms with Gasteiger partial charge in [-0.2, -0.15) is 5.26 Å². The Hall–Kier alpha value is -1.37. The number of hydrogen-bond acceptors (Lipinski definition) is 3. The maximum absolute atomic E-state index is 10.2. The second kappa shape index (κ2) is 6.88. The molecule has 0 amide bonds. The van der Waals surface area contributed by atoms with Crippen LogP contribution in [-0.4, -0.2) is 17.7 Å². The van der Waals surface area contributed by atoms with Gasteiger partial charge in [-0.3, -0.25) is 0 Å². The summed E-state index contributed by atoms with van der Waals surface area (Å²) in [6, 6.07) is 9.78. The molecule has 2 N–H and O–H groups in total. The minimum Gasteiger partial charge on any atom is -0.387 e. The minimum absolute atomic E-state index is 0.502. The highest BCUT2D eigenvalue weighted by Crippen LogP contribution is 2.29. The summed E-state index contributed by atoms with van der Waals surface area (Å²) in [6.45, 7) is 5.22. The third kappa shape index (κ3) is 3.82. The molecular weight excluding hydrogens is 248 g/mol. The van der Waals surface area contributed by atoms with Crippen LogP contribution in [0, 0.1) is 23.2 Å². The number of nitrogens with one attached hydrogen (secondary N) is 1. The van der Waals surface area contributed by atoms with Crippen LogP contribution in [0.2, 0.25) is 0 Å². The zero-order valence-corrected chi connectivity index (χ0v) is 12.3. The molecule has 1 fully saturated rings. The van der Waals surface area contributed by atoms with Gasteiger partial charge in [0, 0.05) is 12.6 Å². The van der Waals surface area contributed by atoms with Gasteiger partial charge in [0.25, 0.3) is 0 Å². The van der Waals surface area contributed by atoms with E-state index in [4.69, 9.17) is 5.26 Å². The summed E-state index contributed by atoms with van der Waals surface area (Å²) in [5.74, 6) is 1.57. The van der Waals surface area contributed by atoms with Crippen molar-refractivity contribution in [3.63, 3.8) is 0 Å². The molecule has 0 radical (unpaired) electrons. The molecule has 0 bridgehead atoms. The van der Waals surface area contributed by atoms with E-state index in [0.29, 0.717) is 18.2 Å². The lowest BCUT2D eigenvalue weighted by molar-refractivity contribution is 0.154. The normalized spacial score (nSPS) is 27.8. The Bertz CT molecular complexity index is 463. The van der Waals surface area contributed by atoms with E-state index in [2.05, 4.69) is 25.2 Å². The van der Waals surface area contributed by atoms with Crippen LogP contribution in [0.5, 0.6) is 0 Å². The van der Waals surface area contributed by atoms with Crippen molar-refractivity contribution in [2.24, 2.45) is 11.8 Å². The Labute approximate surface area is 121 Å². The van der Waals surface area contributed by atoms with Crippen LogP contribution in [0.3, 0.4) is 0 Å². The van der Waals surface area contributed by atoms with E-state index in [1.165, 1.54) is 19.3 Å². The van der Waals surface area contributed by atoms with Crippen LogP contribution in [-0.2, 0) is 0 Å². The largest absolute Gasteiger partial charge is 0.387 e. The monoisotopic (exact) mass is 272 g/mol. The first-order valence-electron chi connectivity index (χ1n) is 7.51. The SMILES string of the molecule is CC1CCC(NCC(O)c2ccc(C#N)cc2)CC1C. The molecule has 3 nitrogen and oxygen atoms in total. The van der Waals surface area contributed by atoms with Crippen molar-refractivity contribution in [3.8, 4) is 6.07 Å². The molecule has 0 saturated heterocycles. The summed E-state index contributed by atoms with van der Waals surface area (Å²) in [6.07, 6.45) is 3.16. The Kier molecular flexibility index (Phi) is 5.17. The topological polar surface area (TPSA) is 56.0 Å². The molecule has 2 rings (SSSR count). The molecule has 1 aliphatic carbocycles. The summed E-state index contributed by atoms with van der Waals surface area (Å²) in [4.78, 5) is 0. The average Bonchev–Trinajstić information content (AvgIpc) is 2.48. The van der Waals surface area contributed by atoms with E-state index >= 15 is 0 Å². The van der Waals surface area contributed by atoms with Crippen molar-refractivity contribution in [2.75, 3.05) is 6.54 Å². The fraction of sp³-hybridized carbons (Fsp3) is 0.588. The van der Waals surface area contributed by atoms with Crippen LogP contribution in [0.25, 0.3) is 0 Å². The summed E-state index contributed by atoms with van der Waals surface area (Å²) in [5, 5.41) is 22.4. The fourth-order valence-corrected chi connectivity index (χ4v) is 2.91. The van der Waals surface area contributed by atoms with Crippen molar-refractivity contribution >= 4 is 0 Å². The van der Waals surface area contributed by atoms with Crippen molar-refractivity contribution in [1.82, 2.24) is 5.32 Å². The predicted molar refractivity (Wildman–Crippen MR) is 80.1 cm³/mol. The summed E-state index contributed by atoms with van der Waals surface area (Å²) in [5.41, 5.74) is 1.50. The van der Waals surface area contributed by atoms with Gasteiger partial charge in [0.1, 0.15) is 0 Å². The first-order chi connectivity index (χ1) is 9.60.